The Morgan fingerprint density at radius 2 is 1.92 bits per heavy atom. The average Bonchev–Trinajstić information content (AvgIpc) is 3.09. The van der Waals surface area contributed by atoms with E-state index in [0.717, 1.165) is 34.2 Å². The molecule has 0 bridgehead atoms. The molecular weight excluding hydrogens is 338 g/mol. The van der Waals surface area contributed by atoms with Crippen LogP contribution in [-0.4, -0.2) is 24.2 Å². The number of hydrogen-bond acceptors (Lipinski definition) is 5. The minimum Gasteiger partial charge on any atom is -0.494 e. The summed E-state index contributed by atoms with van der Waals surface area (Å²) in [5.74, 6) is 2.29. The van der Waals surface area contributed by atoms with Gasteiger partial charge < -0.3 is 19.5 Å². The summed E-state index contributed by atoms with van der Waals surface area (Å²) in [7, 11) is 0. The standard InChI is InChI=1S/C18H19N3O3S/c1-3-22-15-7-5-14(6-8-15)19-18(25)21-20-12(2)13-4-9-16-17(10-13)24-11-23-16/h4-10H,3,11H2,1-2H3,(H2,19,21,25)/b20-12+. The summed E-state index contributed by atoms with van der Waals surface area (Å²) in [6.07, 6.45) is 0. The Kier molecular flexibility index (Phi) is 5.35. The van der Waals surface area contributed by atoms with Gasteiger partial charge >= 0.3 is 0 Å². The van der Waals surface area contributed by atoms with Crippen molar-refractivity contribution in [2.75, 3.05) is 18.7 Å². The van der Waals surface area contributed by atoms with E-state index in [-0.39, 0.29) is 6.79 Å². The number of hydrogen-bond donors (Lipinski definition) is 2. The second-order valence-corrected chi connectivity index (χ2v) is 5.70. The van der Waals surface area contributed by atoms with E-state index in [4.69, 9.17) is 26.4 Å². The van der Waals surface area contributed by atoms with Crippen LogP contribution in [0.1, 0.15) is 19.4 Å². The van der Waals surface area contributed by atoms with Crippen LogP contribution in [0.2, 0.25) is 0 Å². The largest absolute Gasteiger partial charge is 0.494 e. The summed E-state index contributed by atoms with van der Waals surface area (Å²) >= 11 is 5.26. The quantitative estimate of drug-likeness (QED) is 0.485. The van der Waals surface area contributed by atoms with Gasteiger partial charge in [0.05, 0.1) is 12.3 Å². The molecule has 0 spiro atoms. The van der Waals surface area contributed by atoms with Crippen LogP contribution in [-0.2, 0) is 0 Å². The van der Waals surface area contributed by atoms with Crippen LogP contribution >= 0.6 is 12.2 Å². The molecule has 0 radical (unpaired) electrons. The van der Waals surface area contributed by atoms with E-state index in [1.807, 2.05) is 56.3 Å². The summed E-state index contributed by atoms with van der Waals surface area (Å²) in [4.78, 5) is 0. The molecule has 1 aliphatic heterocycles. The van der Waals surface area contributed by atoms with Crippen molar-refractivity contribution < 1.29 is 14.2 Å². The molecule has 0 atom stereocenters. The molecule has 0 saturated heterocycles. The first-order chi connectivity index (χ1) is 12.2. The highest BCUT2D eigenvalue weighted by Gasteiger charge is 2.14. The Balaban J connectivity index is 1.58. The SMILES string of the molecule is CCOc1ccc(NC(=S)N/N=C(\C)c2ccc3c(c2)OCO3)cc1. The van der Waals surface area contributed by atoms with Crippen molar-refractivity contribution in [1.82, 2.24) is 5.43 Å². The fraction of sp³-hybridized carbons (Fsp3) is 0.222. The fourth-order valence-corrected chi connectivity index (χ4v) is 2.44. The highest BCUT2D eigenvalue weighted by Crippen LogP contribution is 2.32. The van der Waals surface area contributed by atoms with Crippen LogP contribution in [0.5, 0.6) is 17.2 Å². The molecule has 3 rings (SSSR count). The van der Waals surface area contributed by atoms with E-state index in [2.05, 4.69) is 15.8 Å². The van der Waals surface area contributed by atoms with Gasteiger partial charge in [0.25, 0.3) is 0 Å². The number of rotatable bonds is 5. The Morgan fingerprint density at radius 1 is 1.16 bits per heavy atom. The zero-order chi connectivity index (χ0) is 17.6. The Bertz CT molecular complexity index is 791. The van der Waals surface area contributed by atoms with Gasteiger partial charge in [0.1, 0.15) is 5.75 Å². The molecule has 25 heavy (non-hydrogen) atoms. The van der Waals surface area contributed by atoms with Crippen LogP contribution in [0.3, 0.4) is 0 Å². The lowest BCUT2D eigenvalue weighted by atomic mass is 10.1. The van der Waals surface area contributed by atoms with E-state index < -0.39 is 0 Å². The van der Waals surface area contributed by atoms with Crippen LogP contribution in [0.25, 0.3) is 0 Å². The zero-order valence-electron chi connectivity index (χ0n) is 14.0. The van der Waals surface area contributed by atoms with E-state index in [0.29, 0.717) is 11.7 Å². The normalized spacial score (nSPS) is 12.6. The molecular formula is C18H19N3O3S. The van der Waals surface area contributed by atoms with Gasteiger partial charge in [-0.25, -0.2) is 0 Å². The third-order valence-corrected chi connectivity index (χ3v) is 3.73. The molecule has 2 aromatic rings. The Morgan fingerprint density at radius 3 is 2.68 bits per heavy atom. The number of fused-ring (bicyclic) bond motifs is 1. The summed E-state index contributed by atoms with van der Waals surface area (Å²) in [5, 5.41) is 7.78. The monoisotopic (exact) mass is 357 g/mol. The number of benzene rings is 2. The molecule has 130 valence electrons. The first-order valence-corrected chi connectivity index (χ1v) is 8.30. The van der Waals surface area contributed by atoms with Gasteiger partial charge in [-0.05, 0) is 68.5 Å². The molecule has 1 aliphatic rings. The third kappa shape index (κ3) is 4.39. The number of hydrazone groups is 1. The van der Waals surface area contributed by atoms with Crippen LogP contribution in [0.15, 0.2) is 47.6 Å². The predicted octanol–water partition coefficient (Wildman–Crippen LogP) is 3.52. The molecule has 0 aliphatic carbocycles. The van der Waals surface area contributed by atoms with E-state index in [1.54, 1.807) is 0 Å². The van der Waals surface area contributed by atoms with E-state index in [1.165, 1.54) is 0 Å². The molecule has 7 heteroatoms. The van der Waals surface area contributed by atoms with Crippen molar-refractivity contribution in [3.63, 3.8) is 0 Å². The van der Waals surface area contributed by atoms with Gasteiger partial charge in [-0.1, -0.05) is 0 Å². The second kappa shape index (κ2) is 7.85. The van der Waals surface area contributed by atoms with Crippen LogP contribution in [0, 0.1) is 0 Å². The number of ether oxygens (including phenoxy) is 3. The van der Waals surface area contributed by atoms with Crippen molar-refractivity contribution in [3.05, 3.63) is 48.0 Å². The number of anilines is 1. The minimum atomic E-state index is 0.253. The fourth-order valence-electron chi connectivity index (χ4n) is 2.28. The van der Waals surface area contributed by atoms with Crippen LogP contribution in [0.4, 0.5) is 5.69 Å². The number of nitrogens with zero attached hydrogens (tertiary/aromatic N) is 1. The van der Waals surface area contributed by atoms with Gasteiger partial charge in [-0.15, -0.1) is 0 Å². The van der Waals surface area contributed by atoms with Crippen molar-refractivity contribution in [2.45, 2.75) is 13.8 Å². The number of thiocarbonyl (C=S) groups is 1. The Labute approximate surface area is 151 Å². The van der Waals surface area contributed by atoms with Crippen LogP contribution < -0.4 is 25.0 Å². The maximum absolute atomic E-state index is 5.41. The molecule has 0 amide bonds. The molecule has 6 nitrogen and oxygen atoms in total. The van der Waals surface area contributed by atoms with E-state index in [9.17, 15) is 0 Å². The molecule has 0 unspecified atom stereocenters. The van der Waals surface area contributed by atoms with Crippen molar-refractivity contribution in [1.29, 1.82) is 0 Å². The van der Waals surface area contributed by atoms with Gasteiger partial charge in [0.15, 0.2) is 16.6 Å². The van der Waals surface area contributed by atoms with Crippen molar-refractivity contribution >= 4 is 28.7 Å². The maximum Gasteiger partial charge on any atom is 0.231 e. The molecule has 2 N–H and O–H groups in total. The topological polar surface area (TPSA) is 64.1 Å². The average molecular weight is 357 g/mol. The summed E-state index contributed by atoms with van der Waals surface area (Å²) < 4.78 is 16.1. The number of nitrogens with one attached hydrogen (secondary N) is 2. The van der Waals surface area contributed by atoms with Gasteiger partial charge in [0, 0.05) is 11.3 Å². The van der Waals surface area contributed by atoms with Crippen molar-refractivity contribution in [3.8, 4) is 17.2 Å². The van der Waals surface area contributed by atoms with Gasteiger partial charge in [0.2, 0.25) is 6.79 Å². The minimum absolute atomic E-state index is 0.253. The predicted molar refractivity (Wildman–Crippen MR) is 102 cm³/mol. The van der Waals surface area contributed by atoms with Crippen molar-refractivity contribution in [2.24, 2.45) is 5.10 Å². The third-order valence-electron chi connectivity index (χ3n) is 3.54. The summed E-state index contributed by atoms with van der Waals surface area (Å²) in [6.45, 7) is 4.74. The van der Waals surface area contributed by atoms with Gasteiger partial charge in [-0.3, -0.25) is 5.43 Å². The lowest BCUT2D eigenvalue weighted by Crippen LogP contribution is -2.24. The summed E-state index contributed by atoms with van der Waals surface area (Å²) in [6, 6.07) is 13.3. The maximum atomic E-state index is 5.41. The van der Waals surface area contributed by atoms with Gasteiger partial charge in [-0.2, -0.15) is 5.10 Å². The zero-order valence-corrected chi connectivity index (χ0v) is 14.9. The smallest absolute Gasteiger partial charge is 0.231 e. The summed E-state index contributed by atoms with van der Waals surface area (Å²) in [5.41, 5.74) is 5.42. The first kappa shape index (κ1) is 17.0. The lowest BCUT2D eigenvalue weighted by molar-refractivity contribution is 0.174. The Hall–Kier alpha value is -2.80. The molecule has 0 fully saturated rings. The lowest BCUT2D eigenvalue weighted by Gasteiger charge is -2.09. The van der Waals surface area contributed by atoms with E-state index >= 15 is 0 Å². The highest BCUT2D eigenvalue weighted by molar-refractivity contribution is 7.80. The first-order valence-electron chi connectivity index (χ1n) is 7.90. The molecule has 0 saturated carbocycles. The highest BCUT2D eigenvalue weighted by atomic mass is 32.1. The molecule has 2 aromatic carbocycles. The second-order valence-electron chi connectivity index (χ2n) is 5.29. The molecule has 0 aromatic heterocycles. The molecule has 1 heterocycles.